The Bertz CT molecular complexity index is 588. The molecule has 1 aromatic carbocycles. The first kappa shape index (κ1) is 22.5. The van der Waals surface area contributed by atoms with E-state index in [1.54, 1.807) is 7.05 Å². The molecule has 1 fully saturated rings. The lowest BCUT2D eigenvalue weighted by molar-refractivity contribution is -0.121. The molecule has 26 heavy (non-hydrogen) atoms. The quantitative estimate of drug-likeness (QED) is 0.337. The van der Waals surface area contributed by atoms with Gasteiger partial charge >= 0.3 is 0 Å². The molecule has 146 valence electrons. The third-order valence-electron chi connectivity index (χ3n) is 4.25. The van der Waals surface area contributed by atoms with Crippen LogP contribution in [-0.4, -0.2) is 50.6 Å². The molecule has 2 rings (SSSR count). The van der Waals surface area contributed by atoms with Gasteiger partial charge in [-0.25, -0.2) is 0 Å². The number of nitrogens with zero attached hydrogens (tertiary/aromatic N) is 2. The van der Waals surface area contributed by atoms with Gasteiger partial charge in [0.1, 0.15) is 0 Å². The predicted octanol–water partition coefficient (Wildman–Crippen LogP) is 2.27. The van der Waals surface area contributed by atoms with Crippen molar-refractivity contribution in [2.45, 2.75) is 45.7 Å². The van der Waals surface area contributed by atoms with Gasteiger partial charge in [0.2, 0.25) is 5.91 Å². The fourth-order valence-electron chi connectivity index (χ4n) is 2.94. The van der Waals surface area contributed by atoms with E-state index in [4.69, 9.17) is 0 Å². The standard InChI is InChI=1S/C19H31N5O.HI/c1-14(2)22-18(25)9-11-21-19(20-4)23-16-10-12-24(13-16)17-7-5-15(3)6-8-17;/h5-8,14,16H,9-13H2,1-4H3,(H,22,25)(H2,20,21,23);1H. The molecule has 0 aromatic heterocycles. The molecular formula is C19H32IN5O. The normalized spacial score (nSPS) is 17.0. The average Bonchev–Trinajstić information content (AvgIpc) is 3.02. The topological polar surface area (TPSA) is 68.8 Å². The molecule has 0 aliphatic carbocycles. The van der Waals surface area contributed by atoms with Crippen LogP contribution in [0.3, 0.4) is 0 Å². The number of nitrogens with one attached hydrogen (secondary N) is 3. The van der Waals surface area contributed by atoms with Crippen LogP contribution in [0.25, 0.3) is 0 Å². The number of benzene rings is 1. The van der Waals surface area contributed by atoms with E-state index in [2.05, 4.69) is 57.0 Å². The van der Waals surface area contributed by atoms with Gasteiger partial charge in [0.05, 0.1) is 0 Å². The molecule has 1 aromatic rings. The van der Waals surface area contributed by atoms with Crippen molar-refractivity contribution in [3.05, 3.63) is 29.8 Å². The fraction of sp³-hybridized carbons (Fsp3) is 0.579. The molecule has 7 heteroatoms. The number of hydrogen-bond donors (Lipinski definition) is 3. The van der Waals surface area contributed by atoms with Crippen LogP contribution < -0.4 is 20.9 Å². The minimum atomic E-state index is 0. The number of guanidine groups is 1. The van der Waals surface area contributed by atoms with Crippen molar-refractivity contribution in [2.75, 3.05) is 31.6 Å². The maximum Gasteiger partial charge on any atom is 0.221 e. The van der Waals surface area contributed by atoms with Crippen LogP contribution in [0.1, 0.15) is 32.3 Å². The lowest BCUT2D eigenvalue weighted by Crippen LogP contribution is -2.45. The Labute approximate surface area is 174 Å². The molecule has 0 spiro atoms. The number of hydrogen-bond acceptors (Lipinski definition) is 3. The number of aryl methyl sites for hydroxylation is 1. The van der Waals surface area contributed by atoms with Crippen LogP contribution in [0.2, 0.25) is 0 Å². The van der Waals surface area contributed by atoms with Gasteiger partial charge in [-0.1, -0.05) is 17.7 Å². The highest BCUT2D eigenvalue weighted by Gasteiger charge is 2.23. The molecule has 0 saturated carbocycles. The van der Waals surface area contributed by atoms with Gasteiger partial charge in [0.15, 0.2) is 5.96 Å². The highest BCUT2D eigenvalue weighted by Crippen LogP contribution is 2.20. The number of rotatable bonds is 6. The van der Waals surface area contributed by atoms with Gasteiger partial charge in [0, 0.05) is 50.9 Å². The second-order valence-corrected chi connectivity index (χ2v) is 6.88. The zero-order chi connectivity index (χ0) is 18.2. The van der Waals surface area contributed by atoms with E-state index in [0.717, 1.165) is 25.5 Å². The number of carbonyl (C=O) groups is 1. The van der Waals surface area contributed by atoms with E-state index in [1.807, 2.05) is 13.8 Å². The van der Waals surface area contributed by atoms with E-state index in [0.29, 0.717) is 19.0 Å². The third-order valence-corrected chi connectivity index (χ3v) is 4.25. The van der Waals surface area contributed by atoms with Crippen molar-refractivity contribution >= 4 is 41.5 Å². The van der Waals surface area contributed by atoms with Crippen molar-refractivity contribution in [1.82, 2.24) is 16.0 Å². The molecule has 1 unspecified atom stereocenters. The van der Waals surface area contributed by atoms with E-state index in [1.165, 1.54) is 11.3 Å². The van der Waals surface area contributed by atoms with Crippen LogP contribution in [-0.2, 0) is 4.79 Å². The van der Waals surface area contributed by atoms with Crippen LogP contribution in [0, 0.1) is 6.92 Å². The summed E-state index contributed by atoms with van der Waals surface area (Å²) in [6.45, 7) is 8.60. The molecule has 0 bridgehead atoms. The number of aliphatic imine (C=N–C) groups is 1. The van der Waals surface area contributed by atoms with Gasteiger partial charge in [-0.2, -0.15) is 0 Å². The van der Waals surface area contributed by atoms with Crippen LogP contribution in [0.5, 0.6) is 0 Å². The lowest BCUT2D eigenvalue weighted by Gasteiger charge is -2.20. The van der Waals surface area contributed by atoms with Crippen LogP contribution in [0.4, 0.5) is 5.69 Å². The molecule has 1 aliphatic heterocycles. The van der Waals surface area contributed by atoms with Gasteiger partial charge in [-0.3, -0.25) is 9.79 Å². The highest BCUT2D eigenvalue weighted by molar-refractivity contribution is 14.0. The maximum atomic E-state index is 11.7. The number of anilines is 1. The minimum absolute atomic E-state index is 0. The molecule has 6 nitrogen and oxygen atoms in total. The Morgan fingerprint density at radius 3 is 2.62 bits per heavy atom. The zero-order valence-corrected chi connectivity index (χ0v) is 18.5. The first-order valence-electron chi connectivity index (χ1n) is 9.06. The molecule has 1 atom stereocenters. The lowest BCUT2D eigenvalue weighted by atomic mass is 10.2. The maximum absolute atomic E-state index is 11.7. The third kappa shape index (κ3) is 7.39. The van der Waals surface area contributed by atoms with Crippen molar-refractivity contribution in [2.24, 2.45) is 4.99 Å². The summed E-state index contributed by atoms with van der Waals surface area (Å²) in [5.41, 5.74) is 2.55. The van der Waals surface area contributed by atoms with Crippen molar-refractivity contribution in [1.29, 1.82) is 0 Å². The predicted molar refractivity (Wildman–Crippen MR) is 120 cm³/mol. The summed E-state index contributed by atoms with van der Waals surface area (Å²) < 4.78 is 0. The number of amides is 1. The second kappa shape index (κ2) is 11.3. The van der Waals surface area contributed by atoms with Crippen LogP contribution in [0.15, 0.2) is 29.3 Å². The summed E-state index contributed by atoms with van der Waals surface area (Å²) in [6, 6.07) is 9.20. The average molecular weight is 473 g/mol. The van der Waals surface area contributed by atoms with Gasteiger partial charge < -0.3 is 20.9 Å². The zero-order valence-electron chi connectivity index (χ0n) is 16.2. The fourth-order valence-corrected chi connectivity index (χ4v) is 2.94. The molecule has 3 N–H and O–H groups in total. The largest absolute Gasteiger partial charge is 0.369 e. The summed E-state index contributed by atoms with van der Waals surface area (Å²) in [5.74, 6) is 0.817. The monoisotopic (exact) mass is 473 g/mol. The Morgan fingerprint density at radius 1 is 1.31 bits per heavy atom. The highest BCUT2D eigenvalue weighted by atomic mass is 127. The first-order valence-corrected chi connectivity index (χ1v) is 9.06. The van der Waals surface area contributed by atoms with Gasteiger partial charge in [-0.15, -0.1) is 24.0 Å². The smallest absolute Gasteiger partial charge is 0.221 e. The van der Waals surface area contributed by atoms with Gasteiger partial charge in [-0.05, 0) is 39.3 Å². The Morgan fingerprint density at radius 2 is 2.00 bits per heavy atom. The van der Waals surface area contributed by atoms with Crippen LogP contribution >= 0.6 is 24.0 Å². The first-order chi connectivity index (χ1) is 12.0. The summed E-state index contributed by atoms with van der Waals surface area (Å²) in [5, 5.41) is 9.57. The molecule has 1 saturated heterocycles. The van der Waals surface area contributed by atoms with Crippen molar-refractivity contribution in [3.8, 4) is 0 Å². The van der Waals surface area contributed by atoms with E-state index in [9.17, 15) is 4.79 Å². The molecule has 1 heterocycles. The van der Waals surface area contributed by atoms with E-state index >= 15 is 0 Å². The SMILES string of the molecule is CN=C(NCCC(=O)NC(C)C)NC1CCN(c2ccc(C)cc2)C1.I. The van der Waals surface area contributed by atoms with Crippen molar-refractivity contribution < 1.29 is 4.79 Å². The Kier molecular flexibility index (Phi) is 9.75. The Balaban J connectivity index is 0.00000338. The second-order valence-electron chi connectivity index (χ2n) is 6.88. The van der Waals surface area contributed by atoms with Gasteiger partial charge in [0.25, 0.3) is 0 Å². The Hall–Kier alpha value is -1.51. The van der Waals surface area contributed by atoms with E-state index < -0.39 is 0 Å². The van der Waals surface area contributed by atoms with Crippen molar-refractivity contribution in [3.63, 3.8) is 0 Å². The molecular weight excluding hydrogens is 441 g/mol. The summed E-state index contributed by atoms with van der Waals surface area (Å²) in [7, 11) is 1.76. The number of halogens is 1. The summed E-state index contributed by atoms with van der Waals surface area (Å²) in [6.07, 6.45) is 1.52. The molecule has 1 amide bonds. The van der Waals surface area contributed by atoms with E-state index in [-0.39, 0.29) is 35.9 Å². The minimum Gasteiger partial charge on any atom is -0.369 e. The summed E-state index contributed by atoms with van der Waals surface area (Å²) in [4.78, 5) is 18.3. The molecule has 0 radical (unpaired) electrons. The molecule has 1 aliphatic rings. The number of carbonyl (C=O) groups excluding carboxylic acids is 1. The summed E-state index contributed by atoms with van der Waals surface area (Å²) >= 11 is 0.